The maximum Gasteiger partial charge on any atom is 0.314 e. The summed E-state index contributed by atoms with van der Waals surface area (Å²) in [5.41, 5.74) is 1.08. The van der Waals surface area contributed by atoms with Gasteiger partial charge in [-0.3, -0.25) is 4.39 Å². The van der Waals surface area contributed by atoms with E-state index in [-0.39, 0.29) is 11.9 Å². The number of rotatable bonds is 8. The number of aliphatic hydroxyl groups is 1. The normalized spacial score (nSPS) is 13.6. The maximum absolute atomic E-state index is 11.9. The number of hydrogen-bond acceptors (Lipinski definition) is 2. The van der Waals surface area contributed by atoms with Crippen LogP contribution in [0.4, 0.5) is 9.18 Å². The summed E-state index contributed by atoms with van der Waals surface area (Å²) in [6.07, 6.45) is 0.467. The van der Waals surface area contributed by atoms with Gasteiger partial charge >= 0.3 is 6.03 Å². The van der Waals surface area contributed by atoms with E-state index < -0.39 is 12.8 Å². The van der Waals surface area contributed by atoms with Crippen LogP contribution in [0.25, 0.3) is 0 Å². The highest BCUT2D eigenvalue weighted by Gasteiger charge is 2.15. The van der Waals surface area contributed by atoms with Gasteiger partial charge in [-0.1, -0.05) is 30.3 Å². The summed E-state index contributed by atoms with van der Waals surface area (Å²) in [6.45, 7) is 2.07. The molecule has 0 saturated carbocycles. The summed E-state index contributed by atoms with van der Waals surface area (Å²) in [5, 5.41) is 14.9. The van der Waals surface area contributed by atoms with E-state index in [9.17, 15) is 14.3 Å². The molecule has 0 aromatic heterocycles. The Balaban J connectivity index is 2.47. The number of aliphatic hydroxyl groups excluding tert-OH is 1. The van der Waals surface area contributed by atoms with Crippen molar-refractivity contribution in [2.75, 3.05) is 19.8 Å². The number of benzene rings is 1. The number of carbonyl (C=O) groups is 1. The van der Waals surface area contributed by atoms with E-state index >= 15 is 0 Å². The van der Waals surface area contributed by atoms with Crippen molar-refractivity contribution in [2.45, 2.75) is 31.8 Å². The number of halogens is 1. The van der Waals surface area contributed by atoms with Gasteiger partial charge in [0.2, 0.25) is 0 Å². The third-order valence-corrected chi connectivity index (χ3v) is 3.00. The predicted octanol–water partition coefficient (Wildman–Crippen LogP) is 2.20. The molecular weight excluding hydrogens is 259 g/mol. The first-order valence-corrected chi connectivity index (χ1v) is 6.94. The van der Waals surface area contributed by atoms with E-state index in [0.29, 0.717) is 25.9 Å². The number of alkyl halides is 1. The molecule has 2 atom stereocenters. The molecule has 1 aromatic rings. The Hall–Kier alpha value is -1.62. The van der Waals surface area contributed by atoms with Crippen LogP contribution in [0.1, 0.15) is 31.2 Å². The topological polar surface area (TPSA) is 61.4 Å². The van der Waals surface area contributed by atoms with E-state index in [1.165, 1.54) is 0 Å². The predicted molar refractivity (Wildman–Crippen MR) is 77.5 cm³/mol. The van der Waals surface area contributed by atoms with Gasteiger partial charge in [-0.05, 0) is 25.3 Å². The van der Waals surface area contributed by atoms with Crippen molar-refractivity contribution >= 4 is 6.03 Å². The standard InChI is InChI=1S/C15H23FN2O2/c1-12(19)10-14(13-6-3-2-4-7-13)11-18-15(20)17-9-5-8-16/h2-4,6-7,12,14,19H,5,8-11H2,1H3,(H2,17,18,20). The Morgan fingerprint density at radius 1 is 1.30 bits per heavy atom. The Kier molecular flexibility index (Phi) is 7.65. The quantitative estimate of drug-likeness (QED) is 0.640. The lowest BCUT2D eigenvalue weighted by molar-refractivity contribution is 0.173. The molecule has 0 radical (unpaired) electrons. The van der Waals surface area contributed by atoms with Crippen LogP contribution in [0.3, 0.4) is 0 Å². The van der Waals surface area contributed by atoms with Crippen molar-refractivity contribution in [1.82, 2.24) is 10.6 Å². The van der Waals surface area contributed by atoms with Gasteiger partial charge in [-0.2, -0.15) is 0 Å². The molecule has 112 valence electrons. The zero-order valence-corrected chi connectivity index (χ0v) is 11.8. The molecule has 0 heterocycles. The Morgan fingerprint density at radius 2 is 2.00 bits per heavy atom. The smallest absolute Gasteiger partial charge is 0.314 e. The second-order valence-corrected chi connectivity index (χ2v) is 4.87. The lowest BCUT2D eigenvalue weighted by atomic mass is 9.93. The average Bonchev–Trinajstić information content (AvgIpc) is 2.44. The number of amides is 2. The van der Waals surface area contributed by atoms with Gasteiger partial charge in [0.05, 0.1) is 12.8 Å². The second-order valence-electron chi connectivity index (χ2n) is 4.87. The van der Waals surface area contributed by atoms with Crippen molar-refractivity contribution in [2.24, 2.45) is 0 Å². The van der Waals surface area contributed by atoms with E-state index in [2.05, 4.69) is 10.6 Å². The minimum absolute atomic E-state index is 0.0584. The zero-order chi connectivity index (χ0) is 14.8. The first kappa shape index (κ1) is 16.4. The number of urea groups is 1. The van der Waals surface area contributed by atoms with Gasteiger partial charge in [0.15, 0.2) is 0 Å². The molecule has 0 aliphatic carbocycles. The van der Waals surface area contributed by atoms with Crippen LogP contribution in [-0.2, 0) is 0 Å². The monoisotopic (exact) mass is 282 g/mol. The zero-order valence-electron chi connectivity index (χ0n) is 11.8. The lowest BCUT2D eigenvalue weighted by Gasteiger charge is -2.19. The number of hydrogen-bond donors (Lipinski definition) is 3. The SMILES string of the molecule is CC(O)CC(CNC(=O)NCCCF)c1ccccc1. The Labute approximate surface area is 119 Å². The highest BCUT2D eigenvalue weighted by Crippen LogP contribution is 2.20. The summed E-state index contributed by atoms with van der Waals surface area (Å²) in [5.74, 6) is 0.0584. The van der Waals surface area contributed by atoms with Crippen molar-refractivity contribution in [3.05, 3.63) is 35.9 Å². The molecule has 5 heteroatoms. The molecule has 20 heavy (non-hydrogen) atoms. The molecule has 4 nitrogen and oxygen atoms in total. The van der Waals surface area contributed by atoms with Crippen LogP contribution in [0.15, 0.2) is 30.3 Å². The summed E-state index contributed by atoms with van der Waals surface area (Å²) < 4.78 is 11.9. The Bertz CT molecular complexity index is 385. The van der Waals surface area contributed by atoms with Gasteiger partial charge < -0.3 is 15.7 Å². The fourth-order valence-electron chi connectivity index (χ4n) is 2.02. The van der Waals surface area contributed by atoms with Gasteiger partial charge in [0, 0.05) is 19.0 Å². The van der Waals surface area contributed by atoms with E-state index in [4.69, 9.17) is 0 Å². The molecule has 1 rings (SSSR count). The first-order valence-electron chi connectivity index (χ1n) is 6.94. The van der Waals surface area contributed by atoms with E-state index in [1.807, 2.05) is 30.3 Å². The molecule has 0 saturated heterocycles. The fourth-order valence-corrected chi connectivity index (χ4v) is 2.02. The van der Waals surface area contributed by atoms with Crippen LogP contribution in [0.5, 0.6) is 0 Å². The van der Waals surface area contributed by atoms with Crippen LogP contribution in [0.2, 0.25) is 0 Å². The first-order chi connectivity index (χ1) is 9.63. The van der Waals surface area contributed by atoms with Gasteiger partial charge in [0.25, 0.3) is 0 Å². The summed E-state index contributed by atoms with van der Waals surface area (Å²) in [4.78, 5) is 11.5. The van der Waals surface area contributed by atoms with Crippen LogP contribution in [-0.4, -0.2) is 37.0 Å². The molecule has 0 aliphatic heterocycles. The van der Waals surface area contributed by atoms with Crippen molar-refractivity contribution in [3.63, 3.8) is 0 Å². The minimum Gasteiger partial charge on any atom is -0.393 e. The lowest BCUT2D eigenvalue weighted by Crippen LogP contribution is -2.38. The molecule has 0 bridgehead atoms. The van der Waals surface area contributed by atoms with Gasteiger partial charge in [0.1, 0.15) is 0 Å². The molecule has 3 N–H and O–H groups in total. The molecular formula is C15H23FN2O2. The molecule has 0 fully saturated rings. The van der Waals surface area contributed by atoms with Crippen LogP contribution >= 0.6 is 0 Å². The number of nitrogens with one attached hydrogen (secondary N) is 2. The summed E-state index contributed by atoms with van der Waals surface area (Å²) in [6, 6.07) is 9.47. The van der Waals surface area contributed by atoms with Gasteiger partial charge in [-0.15, -0.1) is 0 Å². The second kappa shape index (κ2) is 9.31. The van der Waals surface area contributed by atoms with E-state index in [0.717, 1.165) is 5.56 Å². The van der Waals surface area contributed by atoms with Crippen LogP contribution < -0.4 is 10.6 Å². The van der Waals surface area contributed by atoms with Crippen molar-refractivity contribution in [1.29, 1.82) is 0 Å². The largest absolute Gasteiger partial charge is 0.393 e. The molecule has 0 spiro atoms. The molecule has 1 aromatic carbocycles. The van der Waals surface area contributed by atoms with Gasteiger partial charge in [-0.25, -0.2) is 4.79 Å². The molecule has 2 amide bonds. The minimum atomic E-state index is -0.436. The van der Waals surface area contributed by atoms with E-state index in [1.54, 1.807) is 6.92 Å². The average molecular weight is 282 g/mol. The highest BCUT2D eigenvalue weighted by molar-refractivity contribution is 5.73. The number of carbonyl (C=O) groups excluding carboxylic acids is 1. The highest BCUT2D eigenvalue weighted by atomic mass is 19.1. The third kappa shape index (κ3) is 6.52. The summed E-state index contributed by atoms with van der Waals surface area (Å²) >= 11 is 0. The summed E-state index contributed by atoms with van der Waals surface area (Å²) in [7, 11) is 0. The Morgan fingerprint density at radius 3 is 2.60 bits per heavy atom. The van der Waals surface area contributed by atoms with Crippen LogP contribution in [0, 0.1) is 0 Å². The molecule has 0 aliphatic rings. The fraction of sp³-hybridized carbons (Fsp3) is 0.533. The third-order valence-electron chi connectivity index (χ3n) is 3.00. The van der Waals surface area contributed by atoms with Crippen molar-refractivity contribution < 1.29 is 14.3 Å². The van der Waals surface area contributed by atoms with Crippen molar-refractivity contribution in [3.8, 4) is 0 Å². The maximum atomic E-state index is 11.9. The molecule has 2 unspecified atom stereocenters.